The molecular weight excluding hydrogens is 140 g/mol. The molecule has 1 aliphatic rings. The summed E-state index contributed by atoms with van der Waals surface area (Å²) in [4.78, 5) is 0. The molecule has 0 aromatic heterocycles. The highest BCUT2D eigenvalue weighted by molar-refractivity contribution is 6.75. The third-order valence-electron chi connectivity index (χ3n) is 0.625. The van der Waals surface area contributed by atoms with Gasteiger partial charge in [0.1, 0.15) is 0 Å². The molecule has 0 N–H and O–H groups in total. The molecule has 0 aromatic rings. The molecule has 1 fully saturated rings. The van der Waals surface area contributed by atoms with Gasteiger partial charge in [0.05, 0.1) is 0 Å². The van der Waals surface area contributed by atoms with Crippen molar-refractivity contribution in [1.82, 2.24) is 0 Å². The first kappa shape index (κ1) is 6.43. The second-order valence-electron chi connectivity index (χ2n) is 2.71. The van der Waals surface area contributed by atoms with E-state index >= 15 is 0 Å². The van der Waals surface area contributed by atoms with Crippen LogP contribution in [-0.4, -0.2) is 17.8 Å². The lowest BCUT2D eigenvalue weighted by atomic mass is 11.8. The Labute approximate surface area is 51.6 Å². The quantitative estimate of drug-likeness (QED) is 0.327. The normalized spacial score (nSPS) is 21.4. The molecule has 0 bridgehead atoms. The van der Waals surface area contributed by atoms with Crippen molar-refractivity contribution in [3.63, 3.8) is 0 Å². The lowest BCUT2D eigenvalue weighted by molar-refractivity contribution is 0.0850. The highest BCUT2D eigenvalue weighted by Crippen LogP contribution is 2.14. The van der Waals surface area contributed by atoms with Gasteiger partial charge in [0.25, 0.3) is 0 Å². The lowest BCUT2D eigenvalue weighted by Gasteiger charge is -2.11. The van der Waals surface area contributed by atoms with E-state index in [0.717, 1.165) is 0 Å². The van der Waals surface area contributed by atoms with Crippen LogP contribution in [0.4, 0.5) is 0 Å². The molecule has 3 nitrogen and oxygen atoms in total. The van der Waals surface area contributed by atoms with Crippen LogP contribution in [0.15, 0.2) is 0 Å². The van der Waals surface area contributed by atoms with Crippen molar-refractivity contribution < 1.29 is 13.3 Å². The van der Waals surface area contributed by atoms with E-state index < -0.39 is 17.8 Å². The number of hydrogen-bond acceptors (Lipinski definition) is 3. The smallest absolute Gasteiger partial charge is 0.416 e. The van der Waals surface area contributed by atoms with Crippen molar-refractivity contribution >= 4 is 17.8 Å². The fraction of sp³-hybridized carbons (Fsp3) is 1.00. The van der Waals surface area contributed by atoms with Gasteiger partial charge in [0, 0.05) is 0 Å². The Morgan fingerprint density at radius 3 is 1.88 bits per heavy atom. The highest BCUT2D eigenvalue weighted by Gasteiger charge is 2.37. The minimum absolute atomic E-state index is 1.35. The topological polar surface area (TPSA) is 34.3 Å². The third kappa shape index (κ3) is 2.58. The molecule has 8 heavy (non-hydrogen) atoms. The summed E-state index contributed by atoms with van der Waals surface area (Å²) < 4.78 is 14.5. The Morgan fingerprint density at radius 2 is 1.75 bits per heavy atom. The zero-order valence-electron chi connectivity index (χ0n) is 5.30. The molecule has 1 aliphatic heterocycles. The SMILES string of the molecule is C[Si](C)(C)O[SiH]1OO1. The molecule has 0 saturated carbocycles. The molecule has 5 heteroatoms. The maximum atomic E-state index is 5.38. The Morgan fingerprint density at radius 1 is 1.25 bits per heavy atom. The van der Waals surface area contributed by atoms with Crippen molar-refractivity contribution in [2.45, 2.75) is 19.6 Å². The highest BCUT2D eigenvalue weighted by atomic mass is 28.4. The molecule has 1 heterocycles. The zero-order chi connectivity index (χ0) is 6.20. The fourth-order valence-corrected chi connectivity index (χ4v) is 3.16. The Bertz CT molecular complexity index is 85.0. The van der Waals surface area contributed by atoms with E-state index in [-0.39, 0.29) is 0 Å². The Kier molecular flexibility index (Phi) is 1.55. The van der Waals surface area contributed by atoms with E-state index in [2.05, 4.69) is 28.8 Å². The molecule has 0 radical (unpaired) electrons. The van der Waals surface area contributed by atoms with Crippen LogP contribution in [-0.2, 0) is 13.3 Å². The van der Waals surface area contributed by atoms with Crippen molar-refractivity contribution in [2.24, 2.45) is 0 Å². The third-order valence-corrected chi connectivity index (χ3v) is 4.57. The van der Waals surface area contributed by atoms with Crippen LogP contribution in [0, 0.1) is 0 Å². The molecule has 1 rings (SSSR count). The van der Waals surface area contributed by atoms with Gasteiger partial charge in [-0.05, 0) is 19.6 Å². The van der Waals surface area contributed by atoms with Gasteiger partial charge in [-0.1, -0.05) is 0 Å². The molecule has 0 aliphatic carbocycles. The van der Waals surface area contributed by atoms with Crippen LogP contribution in [0.1, 0.15) is 0 Å². The van der Waals surface area contributed by atoms with E-state index in [1.807, 2.05) is 0 Å². The van der Waals surface area contributed by atoms with Gasteiger partial charge in [-0.15, -0.1) is 0 Å². The van der Waals surface area contributed by atoms with Gasteiger partial charge in [-0.25, -0.2) is 9.15 Å². The van der Waals surface area contributed by atoms with Crippen LogP contribution in [0.2, 0.25) is 19.6 Å². The first-order valence-electron chi connectivity index (χ1n) is 2.58. The van der Waals surface area contributed by atoms with Crippen molar-refractivity contribution in [1.29, 1.82) is 0 Å². The van der Waals surface area contributed by atoms with E-state index in [0.29, 0.717) is 0 Å². The van der Waals surface area contributed by atoms with E-state index in [1.54, 1.807) is 0 Å². The van der Waals surface area contributed by atoms with Crippen LogP contribution >= 0.6 is 0 Å². The second kappa shape index (κ2) is 1.92. The van der Waals surface area contributed by atoms with Gasteiger partial charge in [-0.3, -0.25) is 0 Å². The van der Waals surface area contributed by atoms with Gasteiger partial charge in [0.2, 0.25) is 0 Å². The van der Waals surface area contributed by atoms with Gasteiger partial charge in [-0.2, -0.15) is 0 Å². The lowest BCUT2D eigenvalue weighted by Crippen LogP contribution is -2.28. The van der Waals surface area contributed by atoms with Crippen LogP contribution < -0.4 is 0 Å². The minimum atomic E-state index is -1.48. The molecule has 0 amide bonds. The molecule has 1 saturated heterocycles. The molecular formula is C3H10O3Si2. The average Bonchev–Trinajstić information content (AvgIpc) is 2.12. The van der Waals surface area contributed by atoms with Crippen molar-refractivity contribution in [3.05, 3.63) is 0 Å². The number of hydrogen-bond donors (Lipinski definition) is 0. The molecule has 0 atom stereocenters. The van der Waals surface area contributed by atoms with Crippen LogP contribution in [0.5, 0.6) is 0 Å². The van der Waals surface area contributed by atoms with Gasteiger partial charge >= 0.3 is 9.53 Å². The van der Waals surface area contributed by atoms with Crippen LogP contribution in [0.3, 0.4) is 0 Å². The van der Waals surface area contributed by atoms with Gasteiger partial charge < -0.3 is 4.12 Å². The van der Waals surface area contributed by atoms with Gasteiger partial charge in [0.15, 0.2) is 8.32 Å². The zero-order valence-corrected chi connectivity index (χ0v) is 7.46. The molecule has 0 unspecified atom stereocenters. The number of rotatable bonds is 2. The molecule has 48 valence electrons. The summed E-state index contributed by atoms with van der Waals surface area (Å²) >= 11 is 0. The predicted molar refractivity (Wildman–Crippen MR) is 33.7 cm³/mol. The van der Waals surface area contributed by atoms with E-state index in [1.165, 1.54) is 0 Å². The Balaban J connectivity index is 2.16. The van der Waals surface area contributed by atoms with Crippen molar-refractivity contribution in [3.8, 4) is 0 Å². The summed E-state index contributed by atoms with van der Waals surface area (Å²) in [7, 11) is -2.83. The molecule has 0 spiro atoms. The first-order valence-corrected chi connectivity index (χ1v) is 7.40. The largest absolute Gasteiger partial charge is 0.529 e. The maximum Gasteiger partial charge on any atom is 0.529 e. The summed E-state index contributed by atoms with van der Waals surface area (Å²) in [6.45, 7) is 6.35. The summed E-state index contributed by atoms with van der Waals surface area (Å²) in [6, 6.07) is 0. The predicted octanol–water partition coefficient (Wildman–Crippen LogP) is 0.517. The van der Waals surface area contributed by atoms with Crippen molar-refractivity contribution in [2.75, 3.05) is 0 Å². The monoisotopic (exact) mass is 150 g/mol. The standard InChI is InChI=1S/C3H10O3Si2/c1-8(2,3)6-7-4-5-7/h7H,1-3H3. The van der Waals surface area contributed by atoms with E-state index in [4.69, 9.17) is 4.12 Å². The summed E-state index contributed by atoms with van der Waals surface area (Å²) in [6.07, 6.45) is 0. The summed E-state index contributed by atoms with van der Waals surface area (Å²) in [5, 5.41) is 0. The first-order chi connectivity index (χ1) is 3.58. The maximum absolute atomic E-state index is 5.38. The average molecular weight is 150 g/mol. The second-order valence-corrected chi connectivity index (χ2v) is 8.84. The minimum Gasteiger partial charge on any atom is -0.416 e. The van der Waals surface area contributed by atoms with Crippen LogP contribution in [0.25, 0.3) is 0 Å². The fourth-order valence-electron chi connectivity index (χ4n) is 0.351. The summed E-state index contributed by atoms with van der Waals surface area (Å²) in [5.41, 5.74) is 0. The summed E-state index contributed by atoms with van der Waals surface area (Å²) in [5.74, 6) is 0. The van der Waals surface area contributed by atoms with E-state index in [9.17, 15) is 0 Å². The molecule has 0 aromatic carbocycles. The Hall–Kier alpha value is 0.314.